The molecule has 0 saturated carbocycles. The number of hydrogen-bond acceptors (Lipinski definition) is 3. The number of ether oxygens (including phenoxy) is 1. The summed E-state index contributed by atoms with van der Waals surface area (Å²) in [4.78, 5) is 17.6. The lowest BCUT2D eigenvalue weighted by Gasteiger charge is -2.21. The van der Waals surface area contributed by atoms with Crippen molar-refractivity contribution in [3.05, 3.63) is 0 Å². The summed E-state index contributed by atoms with van der Waals surface area (Å²) in [5.41, 5.74) is 2.30. The number of nitrogens with one attached hydrogen (secondary N) is 1. The summed E-state index contributed by atoms with van der Waals surface area (Å²) in [6.07, 6.45) is 0. The van der Waals surface area contributed by atoms with E-state index in [0.717, 1.165) is 13.2 Å². The van der Waals surface area contributed by atoms with E-state index >= 15 is 0 Å². The molecule has 0 spiro atoms. The fourth-order valence-corrected chi connectivity index (χ4v) is 1.32. The molecule has 13 heavy (non-hydrogen) atoms. The van der Waals surface area contributed by atoms with Crippen LogP contribution >= 0.6 is 0 Å². The molecule has 1 atom stereocenters. The summed E-state index contributed by atoms with van der Waals surface area (Å²) in [6.45, 7) is 4.71. The van der Waals surface area contributed by atoms with E-state index in [2.05, 4.69) is 17.2 Å². The van der Waals surface area contributed by atoms with Gasteiger partial charge in [0.25, 0.3) is 0 Å². The van der Waals surface area contributed by atoms with Gasteiger partial charge < -0.3 is 9.64 Å². The van der Waals surface area contributed by atoms with Crippen molar-refractivity contribution in [3.63, 3.8) is 0 Å². The van der Waals surface area contributed by atoms with E-state index in [-0.39, 0.29) is 6.03 Å². The lowest BCUT2D eigenvalue weighted by molar-refractivity contribution is 0.0845. The van der Waals surface area contributed by atoms with Crippen molar-refractivity contribution in [2.24, 2.45) is 5.92 Å². The molecule has 1 heterocycles. The second-order valence-electron chi connectivity index (χ2n) is 3.24. The van der Waals surface area contributed by atoms with Gasteiger partial charge in [0.1, 0.15) is 0 Å². The van der Waals surface area contributed by atoms with Gasteiger partial charge in [0.15, 0.2) is 0 Å². The second kappa shape index (κ2) is 5.04. The Kier molecular flexibility index (Phi) is 3.98. The number of carbonyl (C=O) groups excluding carboxylic acids is 1. The minimum absolute atomic E-state index is 0.195. The van der Waals surface area contributed by atoms with Gasteiger partial charge in [-0.1, -0.05) is 6.92 Å². The minimum atomic E-state index is -0.195. The molecule has 0 aromatic carbocycles. The molecule has 0 aromatic rings. The van der Waals surface area contributed by atoms with Crippen LogP contribution in [0, 0.1) is 5.92 Å². The Morgan fingerprint density at radius 2 is 2.46 bits per heavy atom. The van der Waals surface area contributed by atoms with E-state index in [4.69, 9.17) is 4.74 Å². The van der Waals surface area contributed by atoms with Crippen molar-refractivity contribution >= 4 is 6.03 Å². The van der Waals surface area contributed by atoms with E-state index in [1.807, 2.05) is 0 Å². The van der Waals surface area contributed by atoms with Gasteiger partial charge in [0, 0.05) is 13.1 Å². The first-order chi connectivity index (χ1) is 6.24. The van der Waals surface area contributed by atoms with Gasteiger partial charge in [-0.15, -0.1) is 0 Å². The standard InChI is InChI=1S/C8H16N2O3/c1-7-5-10(3-4-13-6-7)8(11)9-12-2/h7H,3-6H2,1-2H3,(H,9,11). The van der Waals surface area contributed by atoms with Gasteiger partial charge in [0.05, 0.1) is 20.3 Å². The molecule has 1 unspecified atom stereocenters. The summed E-state index contributed by atoms with van der Waals surface area (Å²) in [5, 5.41) is 0. The first kappa shape index (κ1) is 10.3. The van der Waals surface area contributed by atoms with Crippen LogP contribution in [0.15, 0.2) is 0 Å². The molecule has 1 saturated heterocycles. The monoisotopic (exact) mass is 188 g/mol. The third-order valence-corrected chi connectivity index (χ3v) is 1.92. The lowest BCUT2D eigenvalue weighted by atomic mass is 10.2. The van der Waals surface area contributed by atoms with Crippen LogP contribution in [0.25, 0.3) is 0 Å². The highest BCUT2D eigenvalue weighted by molar-refractivity contribution is 5.73. The molecule has 76 valence electrons. The Bertz CT molecular complexity index is 175. The number of urea groups is 1. The van der Waals surface area contributed by atoms with E-state index in [1.54, 1.807) is 4.90 Å². The smallest absolute Gasteiger partial charge is 0.341 e. The zero-order valence-corrected chi connectivity index (χ0v) is 8.08. The maximum Gasteiger partial charge on any atom is 0.341 e. The minimum Gasteiger partial charge on any atom is -0.379 e. The zero-order valence-electron chi connectivity index (χ0n) is 8.08. The fourth-order valence-electron chi connectivity index (χ4n) is 1.32. The Balaban J connectivity index is 2.42. The molecule has 0 aromatic heterocycles. The van der Waals surface area contributed by atoms with Gasteiger partial charge in [-0.2, -0.15) is 0 Å². The number of nitrogens with zero attached hydrogens (tertiary/aromatic N) is 1. The van der Waals surface area contributed by atoms with E-state index < -0.39 is 0 Å². The third-order valence-electron chi connectivity index (χ3n) is 1.92. The Labute approximate surface area is 77.9 Å². The number of hydroxylamine groups is 1. The predicted octanol–water partition coefficient (Wildman–Crippen LogP) is 0.226. The van der Waals surface area contributed by atoms with Gasteiger partial charge in [-0.25, -0.2) is 10.3 Å². The van der Waals surface area contributed by atoms with Crippen LogP contribution in [-0.4, -0.2) is 44.3 Å². The van der Waals surface area contributed by atoms with Crippen LogP contribution in [0.3, 0.4) is 0 Å². The quantitative estimate of drug-likeness (QED) is 0.599. The zero-order chi connectivity index (χ0) is 9.68. The highest BCUT2D eigenvalue weighted by atomic mass is 16.6. The largest absolute Gasteiger partial charge is 0.379 e. The summed E-state index contributed by atoms with van der Waals surface area (Å²) < 4.78 is 5.30. The van der Waals surface area contributed by atoms with Crippen molar-refractivity contribution in [1.82, 2.24) is 10.4 Å². The van der Waals surface area contributed by atoms with Crippen LogP contribution in [0.5, 0.6) is 0 Å². The predicted molar refractivity (Wildman–Crippen MR) is 47.1 cm³/mol. The molecule has 2 amide bonds. The average Bonchev–Trinajstić information content (AvgIpc) is 2.30. The number of carbonyl (C=O) groups is 1. The molecule has 1 fully saturated rings. The van der Waals surface area contributed by atoms with Crippen molar-refractivity contribution < 1.29 is 14.4 Å². The maximum absolute atomic E-state index is 11.3. The molecule has 1 N–H and O–H groups in total. The van der Waals surface area contributed by atoms with Crippen molar-refractivity contribution in [2.45, 2.75) is 6.92 Å². The Morgan fingerprint density at radius 1 is 1.69 bits per heavy atom. The van der Waals surface area contributed by atoms with E-state index in [1.165, 1.54) is 7.11 Å². The first-order valence-electron chi connectivity index (χ1n) is 4.39. The van der Waals surface area contributed by atoms with Crippen LogP contribution in [-0.2, 0) is 9.57 Å². The molecule has 1 aliphatic heterocycles. The van der Waals surface area contributed by atoms with Crippen molar-refractivity contribution in [1.29, 1.82) is 0 Å². The normalized spacial score (nSPS) is 23.8. The van der Waals surface area contributed by atoms with Gasteiger partial charge in [-0.05, 0) is 5.92 Å². The third kappa shape index (κ3) is 3.20. The Morgan fingerprint density at radius 3 is 3.15 bits per heavy atom. The first-order valence-corrected chi connectivity index (χ1v) is 4.39. The van der Waals surface area contributed by atoms with Gasteiger partial charge in [-0.3, -0.25) is 4.84 Å². The van der Waals surface area contributed by atoms with Crippen LogP contribution < -0.4 is 5.48 Å². The Hall–Kier alpha value is -0.810. The molecule has 0 aliphatic carbocycles. The van der Waals surface area contributed by atoms with E-state index in [9.17, 15) is 4.79 Å². The average molecular weight is 188 g/mol. The summed E-state index contributed by atoms with van der Waals surface area (Å²) in [6, 6.07) is -0.195. The number of hydrogen-bond donors (Lipinski definition) is 1. The summed E-state index contributed by atoms with van der Waals surface area (Å²) >= 11 is 0. The summed E-state index contributed by atoms with van der Waals surface area (Å²) in [7, 11) is 1.43. The van der Waals surface area contributed by atoms with E-state index in [0.29, 0.717) is 19.1 Å². The lowest BCUT2D eigenvalue weighted by Crippen LogP contribution is -2.42. The van der Waals surface area contributed by atoms with Gasteiger partial charge in [0.2, 0.25) is 0 Å². The van der Waals surface area contributed by atoms with Crippen molar-refractivity contribution in [2.75, 3.05) is 33.4 Å². The second-order valence-corrected chi connectivity index (χ2v) is 3.24. The fraction of sp³-hybridized carbons (Fsp3) is 0.875. The molecule has 1 aliphatic rings. The maximum atomic E-state index is 11.3. The molecular weight excluding hydrogens is 172 g/mol. The molecule has 5 heteroatoms. The number of amides is 2. The molecular formula is C8H16N2O3. The van der Waals surface area contributed by atoms with Crippen LogP contribution in [0.4, 0.5) is 4.79 Å². The highest BCUT2D eigenvalue weighted by Gasteiger charge is 2.19. The topological polar surface area (TPSA) is 50.8 Å². The number of rotatable bonds is 1. The molecule has 5 nitrogen and oxygen atoms in total. The molecule has 1 rings (SSSR count). The van der Waals surface area contributed by atoms with Gasteiger partial charge >= 0.3 is 6.03 Å². The molecule has 0 bridgehead atoms. The van der Waals surface area contributed by atoms with Crippen LogP contribution in [0.2, 0.25) is 0 Å². The summed E-state index contributed by atoms with van der Waals surface area (Å²) in [5.74, 6) is 0.380. The van der Waals surface area contributed by atoms with Crippen LogP contribution in [0.1, 0.15) is 6.92 Å². The van der Waals surface area contributed by atoms with Crippen molar-refractivity contribution in [3.8, 4) is 0 Å². The highest BCUT2D eigenvalue weighted by Crippen LogP contribution is 2.05. The molecule has 0 radical (unpaired) electrons. The SMILES string of the molecule is CONC(=O)N1CCOCC(C)C1.